The number of pyridine rings is 1. The Balaban J connectivity index is 1.34. The van der Waals surface area contributed by atoms with Crippen LogP contribution in [0.25, 0.3) is 0 Å². The Morgan fingerprint density at radius 2 is 1.94 bits per heavy atom. The van der Waals surface area contributed by atoms with Gasteiger partial charge in [0.25, 0.3) is 15.9 Å². The molecule has 2 aliphatic heterocycles. The van der Waals surface area contributed by atoms with Crippen LogP contribution in [0.15, 0.2) is 78.0 Å². The number of nitrogens with zero attached hydrogens (tertiary/aromatic N) is 3. The van der Waals surface area contributed by atoms with Crippen molar-refractivity contribution >= 4 is 39.1 Å². The van der Waals surface area contributed by atoms with E-state index < -0.39 is 33.9 Å². The molecule has 11 nitrogen and oxygen atoms in total. The standard InChI is InChI=1S/C39H45ClN4O7S/c1-43-19-4-3-7-34(50-2)31-11-8-27(31)23-44-24-38(16-5-6-26-20-29(40)10-12-32(26)38)25-51-35-13-9-28(21-33(35)44)39(47,22-36(43)45)37(46)42-52(48,49)30-14-17-41-18-15-30/h3,7,9-10,12-15,17-18,20-21,27,31,34,47H,4-6,8,11,16,19,22-25H2,1-2H3,(H,42,46)/b7-3+/t27-,31+,34-,38-,39+/m0/s1. The number of sulfonamides is 1. The third-order valence-electron chi connectivity index (χ3n) is 11.5. The molecule has 3 aromatic rings. The molecule has 13 heteroatoms. The van der Waals surface area contributed by atoms with Gasteiger partial charge in [0.05, 0.1) is 29.7 Å². The van der Waals surface area contributed by atoms with E-state index in [9.17, 15) is 23.1 Å². The normalized spacial score (nSPS) is 28.5. The summed E-state index contributed by atoms with van der Waals surface area (Å²) in [5.74, 6) is -0.610. The fourth-order valence-corrected chi connectivity index (χ4v) is 9.58. The van der Waals surface area contributed by atoms with Crippen molar-refractivity contribution in [2.75, 3.05) is 45.3 Å². The predicted molar refractivity (Wildman–Crippen MR) is 197 cm³/mol. The first kappa shape index (κ1) is 36.4. The van der Waals surface area contributed by atoms with Crippen LogP contribution in [0.3, 0.4) is 0 Å². The van der Waals surface area contributed by atoms with Crippen LogP contribution < -0.4 is 14.4 Å². The number of anilines is 1. The maximum Gasteiger partial charge on any atom is 0.270 e. The molecule has 1 fully saturated rings. The second kappa shape index (κ2) is 14.5. The van der Waals surface area contributed by atoms with Gasteiger partial charge in [0.1, 0.15) is 5.75 Å². The molecule has 7 rings (SSSR count). The third kappa shape index (κ3) is 6.93. The summed E-state index contributed by atoms with van der Waals surface area (Å²) in [5, 5.41) is 13.1. The highest BCUT2D eigenvalue weighted by atomic mass is 35.5. The van der Waals surface area contributed by atoms with E-state index in [1.165, 1.54) is 40.6 Å². The molecule has 276 valence electrons. The van der Waals surface area contributed by atoms with Crippen molar-refractivity contribution in [1.82, 2.24) is 14.6 Å². The van der Waals surface area contributed by atoms with Gasteiger partial charge in [-0.3, -0.25) is 14.6 Å². The number of halogens is 1. The molecular formula is C39H45ClN4O7S. The maximum atomic E-state index is 14.1. The van der Waals surface area contributed by atoms with Gasteiger partial charge in [-0.1, -0.05) is 35.9 Å². The van der Waals surface area contributed by atoms with E-state index in [0.717, 1.165) is 32.1 Å². The van der Waals surface area contributed by atoms with Gasteiger partial charge in [-0.25, -0.2) is 13.1 Å². The lowest BCUT2D eigenvalue weighted by atomic mass is 9.68. The second-order valence-corrected chi connectivity index (χ2v) is 16.8. The summed E-state index contributed by atoms with van der Waals surface area (Å²) in [4.78, 5) is 35.2. The minimum Gasteiger partial charge on any atom is -0.490 e. The van der Waals surface area contributed by atoms with Gasteiger partial charge in [0, 0.05) is 56.6 Å². The van der Waals surface area contributed by atoms with Crippen LogP contribution >= 0.6 is 11.6 Å². The minimum atomic E-state index is -4.41. The first-order valence-electron chi connectivity index (χ1n) is 17.9. The van der Waals surface area contributed by atoms with Gasteiger partial charge in [-0.2, -0.15) is 0 Å². The van der Waals surface area contributed by atoms with Crippen molar-refractivity contribution in [1.29, 1.82) is 0 Å². The summed E-state index contributed by atoms with van der Waals surface area (Å²) in [5.41, 5.74) is 0.264. The van der Waals surface area contributed by atoms with Gasteiger partial charge in [0.2, 0.25) is 5.91 Å². The number of hydrogen-bond acceptors (Lipinski definition) is 9. The molecule has 1 saturated carbocycles. The van der Waals surface area contributed by atoms with Gasteiger partial charge in [-0.05, 0) is 103 Å². The lowest BCUT2D eigenvalue weighted by Crippen LogP contribution is -2.50. The highest BCUT2D eigenvalue weighted by Gasteiger charge is 2.47. The van der Waals surface area contributed by atoms with E-state index in [1.807, 2.05) is 22.9 Å². The average molecular weight is 749 g/mol. The fraction of sp³-hybridized carbons (Fsp3) is 0.462. The number of aromatic nitrogens is 1. The molecule has 1 aromatic heterocycles. The molecule has 1 spiro atoms. The molecule has 0 unspecified atom stereocenters. The molecular weight excluding hydrogens is 704 g/mol. The highest BCUT2D eigenvalue weighted by Crippen LogP contribution is 2.48. The van der Waals surface area contributed by atoms with Gasteiger partial charge in [-0.15, -0.1) is 0 Å². The number of hydrogen-bond donors (Lipinski definition) is 2. The molecule has 5 atom stereocenters. The van der Waals surface area contributed by atoms with Crippen LogP contribution in [0.1, 0.15) is 55.2 Å². The molecule has 2 aliphatic carbocycles. The summed E-state index contributed by atoms with van der Waals surface area (Å²) >= 11 is 6.46. The zero-order valence-electron chi connectivity index (χ0n) is 29.5. The summed E-state index contributed by atoms with van der Waals surface area (Å²) in [7, 11) is -1.08. The minimum absolute atomic E-state index is 0.0793. The van der Waals surface area contributed by atoms with Crippen LogP contribution in [0.4, 0.5) is 5.69 Å². The Kier molecular flexibility index (Phi) is 10.1. The van der Waals surface area contributed by atoms with E-state index in [-0.39, 0.29) is 27.9 Å². The molecule has 3 heterocycles. The maximum absolute atomic E-state index is 14.1. The number of methoxy groups -OCH3 is 1. The van der Waals surface area contributed by atoms with Crippen molar-refractivity contribution in [2.45, 2.75) is 67.0 Å². The zero-order chi connectivity index (χ0) is 36.7. The average Bonchev–Trinajstić information content (AvgIpc) is 3.27. The SMILES string of the molecule is CO[C@H]1/C=C/CCN(C)C(=O)C[C@](O)(C(=O)NS(=O)(=O)c2ccncc2)c2ccc3c(c2)N(C[C@@H]2CC[C@H]21)C[C@@]1(CCCc2cc(Cl)ccc21)CO3. The summed E-state index contributed by atoms with van der Waals surface area (Å²) in [6.07, 6.45) is 11.3. The second-order valence-electron chi connectivity index (χ2n) is 14.7. The lowest BCUT2D eigenvalue weighted by Gasteiger charge is -2.46. The van der Waals surface area contributed by atoms with Crippen LogP contribution in [-0.2, 0) is 41.8 Å². The number of aliphatic hydroxyl groups is 1. The van der Waals surface area contributed by atoms with Crippen molar-refractivity contribution < 1.29 is 32.6 Å². The smallest absolute Gasteiger partial charge is 0.270 e. The van der Waals surface area contributed by atoms with E-state index >= 15 is 0 Å². The summed E-state index contributed by atoms with van der Waals surface area (Å²) < 4.78 is 41.4. The van der Waals surface area contributed by atoms with Crippen LogP contribution in [0.5, 0.6) is 5.75 Å². The first-order chi connectivity index (χ1) is 24.9. The molecule has 2 aromatic carbocycles. The molecule has 0 radical (unpaired) electrons. The molecule has 0 saturated heterocycles. The van der Waals surface area contributed by atoms with E-state index in [1.54, 1.807) is 32.4 Å². The Bertz CT molecular complexity index is 1980. The number of carbonyl (C=O) groups excluding carboxylic acids is 2. The number of amides is 2. The van der Waals surface area contributed by atoms with Crippen molar-refractivity contribution in [2.24, 2.45) is 11.8 Å². The van der Waals surface area contributed by atoms with Crippen LogP contribution in [0.2, 0.25) is 5.02 Å². The number of aryl methyl sites for hydroxylation is 1. The molecule has 2 bridgehead atoms. The van der Waals surface area contributed by atoms with E-state index in [2.05, 4.69) is 22.0 Å². The summed E-state index contributed by atoms with van der Waals surface area (Å²) in [6, 6.07) is 13.6. The van der Waals surface area contributed by atoms with Gasteiger partial charge in [0.15, 0.2) is 5.60 Å². The molecule has 2 N–H and O–H groups in total. The number of ether oxygens (including phenoxy) is 2. The monoisotopic (exact) mass is 748 g/mol. The van der Waals surface area contributed by atoms with Gasteiger partial charge < -0.3 is 24.4 Å². The Morgan fingerprint density at radius 3 is 2.69 bits per heavy atom. The number of benzene rings is 2. The molecule has 4 aliphatic rings. The number of fused-ring (bicyclic) bond motifs is 4. The van der Waals surface area contributed by atoms with Crippen LogP contribution in [-0.4, -0.2) is 81.7 Å². The quantitative estimate of drug-likeness (QED) is 0.362. The van der Waals surface area contributed by atoms with Gasteiger partial charge >= 0.3 is 0 Å². The lowest BCUT2D eigenvalue weighted by molar-refractivity contribution is -0.148. The van der Waals surface area contributed by atoms with Crippen molar-refractivity contribution in [3.05, 3.63) is 94.8 Å². The molecule has 2 amide bonds. The largest absolute Gasteiger partial charge is 0.490 e. The number of carbonyl (C=O) groups is 2. The predicted octanol–water partition coefficient (Wildman–Crippen LogP) is 4.75. The summed E-state index contributed by atoms with van der Waals surface area (Å²) in [6.45, 7) is 2.02. The highest BCUT2D eigenvalue weighted by molar-refractivity contribution is 7.90. The Labute approximate surface area is 310 Å². The first-order valence-corrected chi connectivity index (χ1v) is 19.7. The van der Waals surface area contributed by atoms with E-state index in [4.69, 9.17) is 21.1 Å². The van der Waals surface area contributed by atoms with Crippen LogP contribution in [0, 0.1) is 11.8 Å². The molecule has 52 heavy (non-hydrogen) atoms. The fourth-order valence-electron chi connectivity index (χ4n) is 8.38. The Morgan fingerprint density at radius 1 is 1.13 bits per heavy atom. The number of rotatable bonds is 4. The van der Waals surface area contributed by atoms with Crippen molar-refractivity contribution in [3.63, 3.8) is 0 Å². The number of nitrogens with one attached hydrogen (secondary N) is 1. The zero-order valence-corrected chi connectivity index (χ0v) is 31.0. The van der Waals surface area contributed by atoms with Crippen molar-refractivity contribution in [3.8, 4) is 5.75 Å². The Hall–Kier alpha value is -3.97. The third-order valence-corrected chi connectivity index (χ3v) is 13.1. The topological polar surface area (TPSA) is 138 Å². The van der Waals surface area contributed by atoms with E-state index in [0.29, 0.717) is 55.0 Å².